The van der Waals surface area contributed by atoms with Crippen molar-refractivity contribution in [3.8, 4) is 33.4 Å². The molecule has 2 heteroatoms. The van der Waals surface area contributed by atoms with Gasteiger partial charge in [-0.15, -0.1) is 0 Å². The van der Waals surface area contributed by atoms with E-state index in [2.05, 4.69) is 205 Å². The van der Waals surface area contributed by atoms with E-state index in [1.54, 1.807) is 0 Å². The van der Waals surface area contributed by atoms with E-state index >= 15 is 0 Å². The van der Waals surface area contributed by atoms with Gasteiger partial charge >= 0.3 is 0 Å². The largest absolute Gasteiger partial charge is 0.455 e. The molecule has 0 saturated heterocycles. The first-order valence-electron chi connectivity index (χ1n) is 19.5. The highest BCUT2D eigenvalue weighted by molar-refractivity contribution is 6.11. The lowest BCUT2D eigenvalue weighted by Gasteiger charge is -2.29. The topological polar surface area (TPSA) is 16.4 Å². The zero-order chi connectivity index (χ0) is 37.0. The van der Waals surface area contributed by atoms with Gasteiger partial charge in [-0.3, -0.25) is 0 Å². The lowest BCUT2D eigenvalue weighted by Crippen LogP contribution is -2.11. The van der Waals surface area contributed by atoms with Crippen molar-refractivity contribution < 1.29 is 4.42 Å². The number of aryl methyl sites for hydroxylation is 1. The highest BCUT2D eigenvalue weighted by Crippen LogP contribution is 2.46. The minimum Gasteiger partial charge on any atom is -0.455 e. The van der Waals surface area contributed by atoms with E-state index in [0.717, 1.165) is 63.0 Å². The molecule has 0 aliphatic heterocycles. The number of fused-ring (bicyclic) bond motifs is 6. The first-order valence-corrected chi connectivity index (χ1v) is 19.5. The molecule has 0 radical (unpaired) electrons. The highest BCUT2D eigenvalue weighted by atomic mass is 16.3. The van der Waals surface area contributed by atoms with Crippen LogP contribution >= 0.6 is 0 Å². The summed E-state index contributed by atoms with van der Waals surface area (Å²) in [6.45, 7) is 0. The fraction of sp³-hybridized carbons (Fsp3) is 0.0370. The Hall–Kier alpha value is -7.16. The van der Waals surface area contributed by atoms with Crippen LogP contribution in [0, 0.1) is 0 Å². The van der Waals surface area contributed by atoms with Crippen LogP contribution < -0.4 is 4.90 Å². The summed E-state index contributed by atoms with van der Waals surface area (Å²) >= 11 is 0. The Morgan fingerprint density at radius 3 is 2.00 bits per heavy atom. The third-order valence-corrected chi connectivity index (χ3v) is 11.5. The second-order valence-corrected chi connectivity index (χ2v) is 14.8. The Morgan fingerprint density at radius 1 is 0.429 bits per heavy atom. The van der Waals surface area contributed by atoms with Crippen LogP contribution in [0.3, 0.4) is 0 Å². The quantitative estimate of drug-likeness (QED) is 0.170. The van der Waals surface area contributed by atoms with Gasteiger partial charge in [0.15, 0.2) is 0 Å². The number of para-hydroxylation sites is 2. The zero-order valence-corrected chi connectivity index (χ0v) is 30.8. The Kier molecular flexibility index (Phi) is 7.67. The summed E-state index contributed by atoms with van der Waals surface area (Å²) in [5, 5.41) is 7.24. The van der Waals surface area contributed by atoms with Crippen LogP contribution in [-0.2, 0) is 6.42 Å². The molecule has 11 rings (SSSR count). The molecule has 0 saturated carbocycles. The number of hydrogen-bond acceptors (Lipinski definition) is 2. The molecule has 0 atom stereocenters. The van der Waals surface area contributed by atoms with Gasteiger partial charge in [-0.05, 0) is 116 Å². The fourth-order valence-electron chi connectivity index (χ4n) is 8.74. The molecule has 0 unspecified atom stereocenters. The second kappa shape index (κ2) is 13.3. The molecule has 10 aromatic rings. The molecular weight excluding hydrogens is 679 g/mol. The van der Waals surface area contributed by atoms with Crippen LogP contribution in [0.25, 0.3) is 82.9 Å². The van der Waals surface area contributed by atoms with Crippen molar-refractivity contribution in [1.82, 2.24) is 0 Å². The molecule has 2 nitrogen and oxygen atoms in total. The van der Waals surface area contributed by atoms with Crippen molar-refractivity contribution in [3.63, 3.8) is 0 Å². The van der Waals surface area contributed by atoms with E-state index in [-0.39, 0.29) is 0 Å². The van der Waals surface area contributed by atoms with Gasteiger partial charge in [-0.2, -0.15) is 0 Å². The van der Waals surface area contributed by atoms with Gasteiger partial charge in [0.1, 0.15) is 11.2 Å². The third kappa shape index (κ3) is 5.49. The Bertz CT molecular complexity index is 3160. The molecule has 1 aliphatic carbocycles. The molecule has 0 fully saturated rings. The van der Waals surface area contributed by atoms with Crippen LogP contribution in [0.15, 0.2) is 199 Å². The first-order chi connectivity index (χ1) is 27.7. The van der Waals surface area contributed by atoms with E-state index in [9.17, 15) is 0 Å². The van der Waals surface area contributed by atoms with Gasteiger partial charge in [0.05, 0.1) is 5.69 Å². The van der Waals surface area contributed by atoms with Gasteiger partial charge in [0, 0.05) is 33.3 Å². The van der Waals surface area contributed by atoms with Gasteiger partial charge < -0.3 is 9.32 Å². The SMILES string of the molecule is C1=Cc2cc3c(cc2CC1)oc1c(-c2ccccc2N(c2cccc(-c4ccc5ccccc5c4)c2)c2cccc(-c4cccc5ccccc45)c2)cccc13. The second-order valence-electron chi connectivity index (χ2n) is 14.8. The summed E-state index contributed by atoms with van der Waals surface area (Å²) in [5.74, 6) is 0. The van der Waals surface area contributed by atoms with Crippen molar-refractivity contribution in [3.05, 3.63) is 205 Å². The molecule has 264 valence electrons. The molecule has 0 amide bonds. The van der Waals surface area contributed by atoms with Crippen LogP contribution in [0.4, 0.5) is 17.1 Å². The Balaban J connectivity index is 1.12. The number of allylic oxidation sites excluding steroid dienone is 1. The number of benzene rings is 9. The Labute approximate surface area is 326 Å². The van der Waals surface area contributed by atoms with Crippen LogP contribution in [-0.4, -0.2) is 0 Å². The molecule has 0 spiro atoms. The van der Waals surface area contributed by atoms with Crippen molar-refractivity contribution in [2.24, 2.45) is 0 Å². The first kappa shape index (κ1) is 32.3. The van der Waals surface area contributed by atoms with Crippen molar-refractivity contribution in [1.29, 1.82) is 0 Å². The molecule has 1 aliphatic rings. The molecule has 1 aromatic heterocycles. The standard InChI is InChI=1S/C54H37NO/c1-2-15-38-31-42(30-29-36(38)13-1)39-19-9-21-44(32-39)55(45-22-10-20-43(33-45)47-25-11-18-37-14-5-6-23-46(37)47)52-28-8-7-24-48(52)49-26-12-27-50-51-34-40-16-3-4-17-41(40)35-53(51)56-54(49)50/h1-3,5-16,18-35H,4,17H2. The maximum absolute atomic E-state index is 6.84. The van der Waals surface area contributed by atoms with E-state index in [0.29, 0.717) is 0 Å². The molecule has 0 N–H and O–H groups in total. The third-order valence-electron chi connectivity index (χ3n) is 11.5. The molecular formula is C54H37NO. The predicted octanol–water partition coefficient (Wildman–Crippen LogP) is 15.3. The maximum atomic E-state index is 6.84. The molecule has 0 bridgehead atoms. The summed E-state index contributed by atoms with van der Waals surface area (Å²) in [4.78, 5) is 2.42. The van der Waals surface area contributed by atoms with Gasteiger partial charge in [-0.25, -0.2) is 0 Å². The lowest BCUT2D eigenvalue weighted by atomic mass is 9.94. The van der Waals surface area contributed by atoms with Crippen molar-refractivity contribution in [2.75, 3.05) is 4.90 Å². The summed E-state index contributed by atoms with van der Waals surface area (Å²) < 4.78 is 6.84. The summed E-state index contributed by atoms with van der Waals surface area (Å²) in [6.07, 6.45) is 6.64. The predicted molar refractivity (Wildman–Crippen MR) is 237 cm³/mol. The molecule has 56 heavy (non-hydrogen) atoms. The van der Waals surface area contributed by atoms with Crippen molar-refractivity contribution >= 4 is 66.6 Å². The van der Waals surface area contributed by atoms with Crippen LogP contribution in [0.1, 0.15) is 17.5 Å². The number of anilines is 3. The summed E-state index contributed by atoms with van der Waals surface area (Å²) in [5.41, 5.74) is 14.7. The monoisotopic (exact) mass is 715 g/mol. The number of nitrogens with zero attached hydrogens (tertiary/aromatic N) is 1. The van der Waals surface area contributed by atoms with E-state index < -0.39 is 0 Å². The zero-order valence-electron chi connectivity index (χ0n) is 30.8. The van der Waals surface area contributed by atoms with Gasteiger partial charge in [0.2, 0.25) is 0 Å². The average molecular weight is 716 g/mol. The van der Waals surface area contributed by atoms with E-state index in [1.807, 2.05) is 0 Å². The van der Waals surface area contributed by atoms with Crippen LogP contribution in [0.2, 0.25) is 0 Å². The van der Waals surface area contributed by atoms with Gasteiger partial charge in [-0.1, -0.05) is 152 Å². The van der Waals surface area contributed by atoms with E-state index in [4.69, 9.17) is 4.42 Å². The fourth-order valence-corrected chi connectivity index (χ4v) is 8.74. The average Bonchev–Trinajstić information content (AvgIpc) is 3.63. The maximum Gasteiger partial charge on any atom is 0.143 e. The number of furan rings is 1. The normalized spacial score (nSPS) is 12.4. The molecule has 9 aromatic carbocycles. The Morgan fingerprint density at radius 2 is 1.09 bits per heavy atom. The smallest absolute Gasteiger partial charge is 0.143 e. The molecule has 1 heterocycles. The van der Waals surface area contributed by atoms with E-state index in [1.165, 1.54) is 54.9 Å². The summed E-state index contributed by atoms with van der Waals surface area (Å²) in [6, 6.07) is 68.4. The number of hydrogen-bond donors (Lipinski definition) is 0. The summed E-state index contributed by atoms with van der Waals surface area (Å²) in [7, 11) is 0. The van der Waals surface area contributed by atoms with Crippen molar-refractivity contribution in [2.45, 2.75) is 12.8 Å². The minimum absolute atomic E-state index is 0.913. The number of rotatable bonds is 6. The van der Waals surface area contributed by atoms with Crippen LogP contribution in [0.5, 0.6) is 0 Å². The van der Waals surface area contributed by atoms with Gasteiger partial charge in [0.25, 0.3) is 0 Å². The minimum atomic E-state index is 0.913. The lowest BCUT2D eigenvalue weighted by molar-refractivity contribution is 0.669. The highest BCUT2D eigenvalue weighted by Gasteiger charge is 2.22.